The highest BCUT2D eigenvalue weighted by Gasteiger charge is 2.37. The van der Waals surface area contributed by atoms with Crippen LogP contribution < -0.4 is 10.6 Å². The zero-order chi connectivity index (χ0) is 14.4. The second kappa shape index (κ2) is 4.67. The molecule has 0 saturated carbocycles. The van der Waals surface area contributed by atoms with Crippen LogP contribution >= 0.6 is 11.3 Å². The maximum absolute atomic E-state index is 4.44. The molecule has 20 heavy (non-hydrogen) atoms. The average molecular weight is 290 g/mol. The van der Waals surface area contributed by atoms with Crippen LogP contribution in [0.15, 0.2) is 17.8 Å². The maximum Gasteiger partial charge on any atom is 0.147 e. The largest absolute Gasteiger partial charge is 0.366 e. The van der Waals surface area contributed by atoms with Crippen molar-refractivity contribution in [3.63, 3.8) is 0 Å². The summed E-state index contributed by atoms with van der Waals surface area (Å²) in [6.45, 7) is 9.07. The van der Waals surface area contributed by atoms with Crippen molar-refractivity contribution in [1.82, 2.24) is 15.3 Å². The van der Waals surface area contributed by atoms with Crippen LogP contribution in [-0.2, 0) is 0 Å². The summed E-state index contributed by atoms with van der Waals surface area (Å²) in [5.74, 6) is 0.975. The molecular formula is C15H22N4S. The monoisotopic (exact) mass is 290 g/mol. The summed E-state index contributed by atoms with van der Waals surface area (Å²) in [5.41, 5.74) is 1.31. The molecule has 3 rings (SSSR count). The van der Waals surface area contributed by atoms with Gasteiger partial charge in [0.05, 0.1) is 10.2 Å². The number of piperidine rings is 1. The van der Waals surface area contributed by atoms with Crippen LogP contribution in [0.4, 0.5) is 5.82 Å². The summed E-state index contributed by atoms with van der Waals surface area (Å²) < 4.78 is 1.15. The molecule has 108 valence electrons. The Hall–Kier alpha value is -1.20. The number of hydrogen-bond donors (Lipinski definition) is 2. The minimum atomic E-state index is 0.140. The third-order valence-corrected chi connectivity index (χ3v) is 4.68. The Bertz CT molecular complexity index is 601. The number of anilines is 1. The lowest BCUT2D eigenvalue weighted by atomic mass is 9.79. The fourth-order valence-corrected chi connectivity index (χ4v) is 4.31. The molecule has 0 radical (unpaired) electrons. The first-order valence-corrected chi connectivity index (χ1v) is 7.97. The summed E-state index contributed by atoms with van der Waals surface area (Å²) in [5, 5.41) is 9.42. The Balaban J connectivity index is 1.85. The van der Waals surface area contributed by atoms with E-state index in [2.05, 4.69) is 53.7 Å². The Kier molecular flexibility index (Phi) is 3.21. The van der Waals surface area contributed by atoms with Gasteiger partial charge >= 0.3 is 0 Å². The number of thiophene rings is 1. The lowest BCUT2D eigenvalue weighted by Gasteiger charge is -2.46. The molecule has 0 aromatic carbocycles. The first-order valence-electron chi connectivity index (χ1n) is 7.09. The summed E-state index contributed by atoms with van der Waals surface area (Å²) in [6, 6.07) is 2.48. The molecule has 0 unspecified atom stereocenters. The van der Waals surface area contributed by atoms with Gasteiger partial charge in [-0.1, -0.05) is 0 Å². The molecule has 3 heterocycles. The van der Waals surface area contributed by atoms with Gasteiger partial charge in [0.1, 0.15) is 12.1 Å². The van der Waals surface area contributed by atoms with E-state index in [9.17, 15) is 0 Å². The van der Waals surface area contributed by atoms with E-state index in [4.69, 9.17) is 0 Å². The van der Waals surface area contributed by atoms with Crippen molar-refractivity contribution in [2.24, 2.45) is 0 Å². The SMILES string of the molecule is CC1(C)CC(Nc2ncnc3ccsc23)CC(C)(C)N1. The van der Waals surface area contributed by atoms with Gasteiger partial charge in [0.2, 0.25) is 0 Å². The predicted molar refractivity (Wildman–Crippen MR) is 85.4 cm³/mol. The topological polar surface area (TPSA) is 49.8 Å². The molecule has 4 nitrogen and oxygen atoms in total. The first-order chi connectivity index (χ1) is 9.35. The van der Waals surface area contributed by atoms with E-state index in [1.54, 1.807) is 17.7 Å². The molecule has 2 N–H and O–H groups in total. The Labute approximate surface area is 124 Å². The average Bonchev–Trinajstić information content (AvgIpc) is 2.73. The van der Waals surface area contributed by atoms with Crippen LogP contribution in [0.5, 0.6) is 0 Å². The van der Waals surface area contributed by atoms with Crippen LogP contribution in [-0.4, -0.2) is 27.1 Å². The number of rotatable bonds is 2. The van der Waals surface area contributed by atoms with Crippen LogP contribution in [0.25, 0.3) is 10.2 Å². The number of nitrogens with one attached hydrogen (secondary N) is 2. The lowest BCUT2D eigenvalue weighted by Crippen LogP contribution is -2.60. The van der Waals surface area contributed by atoms with Gasteiger partial charge in [-0.3, -0.25) is 0 Å². The number of aromatic nitrogens is 2. The zero-order valence-electron chi connectivity index (χ0n) is 12.5. The number of nitrogens with zero attached hydrogens (tertiary/aromatic N) is 2. The van der Waals surface area contributed by atoms with Crippen LogP contribution in [0.3, 0.4) is 0 Å². The molecule has 1 saturated heterocycles. The van der Waals surface area contributed by atoms with Crippen molar-refractivity contribution in [3.05, 3.63) is 17.8 Å². The fraction of sp³-hybridized carbons (Fsp3) is 0.600. The quantitative estimate of drug-likeness (QED) is 0.890. The summed E-state index contributed by atoms with van der Waals surface area (Å²) in [7, 11) is 0. The van der Waals surface area contributed by atoms with Gasteiger partial charge in [0, 0.05) is 17.1 Å². The molecule has 5 heteroatoms. The van der Waals surface area contributed by atoms with E-state index >= 15 is 0 Å². The normalized spacial score (nSPS) is 22.0. The molecule has 0 bridgehead atoms. The van der Waals surface area contributed by atoms with Crippen LogP contribution in [0, 0.1) is 0 Å². The van der Waals surface area contributed by atoms with Crippen molar-refractivity contribution in [3.8, 4) is 0 Å². The Morgan fingerprint density at radius 3 is 2.60 bits per heavy atom. The second-order valence-corrected chi connectivity index (χ2v) is 7.92. The molecule has 1 fully saturated rings. The van der Waals surface area contributed by atoms with E-state index in [1.165, 1.54) is 0 Å². The Morgan fingerprint density at radius 2 is 1.90 bits per heavy atom. The first kappa shape index (κ1) is 13.8. The summed E-state index contributed by atoms with van der Waals surface area (Å²) >= 11 is 1.70. The zero-order valence-corrected chi connectivity index (χ0v) is 13.3. The summed E-state index contributed by atoms with van der Waals surface area (Å²) in [4.78, 5) is 8.74. The number of hydrogen-bond acceptors (Lipinski definition) is 5. The van der Waals surface area contributed by atoms with E-state index in [0.29, 0.717) is 6.04 Å². The molecular weight excluding hydrogens is 268 g/mol. The van der Waals surface area contributed by atoms with Gasteiger partial charge in [-0.15, -0.1) is 11.3 Å². The van der Waals surface area contributed by atoms with E-state index in [1.807, 2.05) is 6.07 Å². The van der Waals surface area contributed by atoms with Gasteiger partial charge in [0.15, 0.2) is 0 Å². The Morgan fingerprint density at radius 1 is 1.20 bits per heavy atom. The standard InChI is InChI=1S/C15H22N4S/c1-14(2)7-10(8-15(3,4)19-14)18-13-12-11(5-6-20-12)16-9-17-13/h5-6,9-10,19H,7-8H2,1-4H3,(H,16,17,18). The minimum Gasteiger partial charge on any atom is -0.366 e. The molecule has 2 aromatic heterocycles. The van der Waals surface area contributed by atoms with Gasteiger partial charge in [-0.2, -0.15) is 0 Å². The van der Waals surface area contributed by atoms with Gasteiger partial charge in [-0.05, 0) is 52.0 Å². The minimum absolute atomic E-state index is 0.140. The van der Waals surface area contributed by atoms with Gasteiger partial charge < -0.3 is 10.6 Å². The third-order valence-electron chi connectivity index (χ3n) is 3.77. The molecule has 0 atom stereocenters. The number of fused-ring (bicyclic) bond motifs is 1. The van der Waals surface area contributed by atoms with E-state index < -0.39 is 0 Å². The van der Waals surface area contributed by atoms with Crippen molar-refractivity contribution < 1.29 is 0 Å². The van der Waals surface area contributed by atoms with Crippen molar-refractivity contribution in [2.45, 2.75) is 57.7 Å². The molecule has 1 aliphatic rings. The lowest BCUT2D eigenvalue weighted by molar-refractivity contribution is 0.170. The van der Waals surface area contributed by atoms with Crippen molar-refractivity contribution in [2.75, 3.05) is 5.32 Å². The summed E-state index contributed by atoms with van der Waals surface area (Å²) in [6.07, 6.45) is 3.83. The van der Waals surface area contributed by atoms with Crippen LogP contribution in [0.1, 0.15) is 40.5 Å². The van der Waals surface area contributed by atoms with E-state index in [0.717, 1.165) is 28.9 Å². The maximum atomic E-state index is 4.44. The second-order valence-electron chi connectivity index (χ2n) is 7.00. The van der Waals surface area contributed by atoms with Gasteiger partial charge in [0.25, 0.3) is 0 Å². The molecule has 2 aromatic rings. The molecule has 0 aliphatic carbocycles. The smallest absolute Gasteiger partial charge is 0.147 e. The van der Waals surface area contributed by atoms with Crippen molar-refractivity contribution in [1.29, 1.82) is 0 Å². The highest BCUT2D eigenvalue weighted by Crippen LogP contribution is 2.32. The van der Waals surface area contributed by atoms with Crippen LogP contribution in [0.2, 0.25) is 0 Å². The molecule has 1 aliphatic heterocycles. The predicted octanol–water partition coefficient (Wildman–Crippen LogP) is 3.41. The molecule has 0 spiro atoms. The van der Waals surface area contributed by atoms with Gasteiger partial charge in [-0.25, -0.2) is 9.97 Å². The fourth-order valence-electron chi connectivity index (χ4n) is 3.51. The molecule has 0 amide bonds. The van der Waals surface area contributed by atoms with Crippen molar-refractivity contribution >= 4 is 27.4 Å². The highest BCUT2D eigenvalue weighted by molar-refractivity contribution is 7.17. The third kappa shape index (κ3) is 2.79. The highest BCUT2D eigenvalue weighted by atomic mass is 32.1. The van der Waals surface area contributed by atoms with E-state index in [-0.39, 0.29) is 11.1 Å².